The normalized spacial score (nSPS) is 23.7. The summed E-state index contributed by atoms with van der Waals surface area (Å²) >= 11 is 0. The average Bonchev–Trinajstić information content (AvgIpc) is 2.30. The van der Waals surface area contributed by atoms with Crippen molar-refractivity contribution in [3.63, 3.8) is 0 Å². The summed E-state index contributed by atoms with van der Waals surface area (Å²) in [4.78, 5) is 0. The predicted octanol–water partition coefficient (Wildman–Crippen LogP) is 1.82. The molecule has 2 atom stereocenters. The van der Waals surface area contributed by atoms with Gasteiger partial charge in [0.2, 0.25) is 0 Å². The molecule has 15 heavy (non-hydrogen) atoms. The van der Waals surface area contributed by atoms with Crippen molar-refractivity contribution in [3.05, 3.63) is 29.8 Å². The fraction of sp³-hybridized carbons (Fsp3) is 0.500. The second kappa shape index (κ2) is 4.64. The van der Waals surface area contributed by atoms with Gasteiger partial charge in [0.1, 0.15) is 5.75 Å². The molecule has 1 heterocycles. The van der Waals surface area contributed by atoms with E-state index in [2.05, 4.69) is 0 Å². The molecule has 0 amide bonds. The number of rotatable bonds is 2. The van der Waals surface area contributed by atoms with Gasteiger partial charge in [0.15, 0.2) is 0 Å². The Bertz CT molecular complexity index is 321. The van der Waals surface area contributed by atoms with Crippen molar-refractivity contribution in [2.75, 3.05) is 13.2 Å². The number of aromatic hydroxyl groups is 1. The molecule has 2 rings (SSSR count). The molecule has 3 N–H and O–H groups in total. The highest BCUT2D eigenvalue weighted by Gasteiger charge is 2.23. The van der Waals surface area contributed by atoms with E-state index in [0.29, 0.717) is 12.5 Å². The molecule has 0 aliphatic carbocycles. The number of para-hydroxylation sites is 1. The summed E-state index contributed by atoms with van der Waals surface area (Å²) in [6.07, 6.45) is 2.14. The average molecular weight is 207 g/mol. The Morgan fingerprint density at radius 1 is 1.40 bits per heavy atom. The van der Waals surface area contributed by atoms with Crippen LogP contribution in [0.4, 0.5) is 0 Å². The summed E-state index contributed by atoms with van der Waals surface area (Å²) in [6.45, 7) is 1.54. The topological polar surface area (TPSA) is 55.5 Å². The van der Waals surface area contributed by atoms with Crippen LogP contribution < -0.4 is 5.73 Å². The molecule has 1 aromatic carbocycles. The second-order valence-corrected chi connectivity index (χ2v) is 4.06. The van der Waals surface area contributed by atoms with Gasteiger partial charge < -0.3 is 15.6 Å². The van der Waals surface area contributed by atoms with Crippen LogP contribution >= 0.6 is 0 Å². The highest BCUT2D eigenvalue weighted by atomic mass is 16.5. The van der Waals surface area contributed by atoms with Crippen molar-refractivity contribution in [1.82, 2.24) is 0 Å². The van der Waals surface area contributed by atoms with Gasteiger partial charge in [-0.3, -0.25) is 0 Å². The minimum Gasteiger partial charge on any atom is -0.508 e. The Morgan fingerprint density at radius 3 is 2.87 bits per heavy atom. The maximum Gasteiger partial charge on any atom is 0.120 e. The van der Waals surface area contributed by atoms with Crippen molar-refractivity contribution in [2.45, 2.75) is 18.9 Å². The first-order chi connectivity index (χ1) is 7.29. The van der Waals surface area contributed by atoms with Crippen LogP contribution in [0, 0.1) is 5.92 Å². The number of phenolic OH excluding ortho intramolecular Hbond substituents is 1. The van der Waals surface area contributed by atoms with Gasteiger partial charge >= 0.3 is 0 Å². The van der Waals surface area contributed by atoms with Crippen LogP contribution in [0.15, 0.2) is 24.3 Å². The van der Waals surface area contributed by atoms with Gasteiger partial charge in [0, 0.05) is 24.1 Å². The highest BCUT2D eigenvalue weighted by molar-refractivity contribution is 5.34. The molecule has 1 fully saturated rings. The maximum absolute atomic E-state index is 9.69. The van der Waals surface area contributed by atoms with Crippen LogP contribution in [0.5, 0.6) is 5.75 Å². The van der Waals surface area contributed by atoms with Gasteiger partial charge in [0.05, 0.1) is 6.61 Å². The third-order valence-corrected chi connectivity index (χ3v) is 3.00. The quantitative estimate of drug-likeness (QED) is 0.777. The van der Waals surface area contributed by atoms with E-state index in [1.807, 2.05) is 18.2 Å². The van der Waals surface area contributed by atoms with E-state index in [0.717, 1.165) is 25.0 Å². The number of nitrogens with two attached hydrogens (primary N) is 1. The van der Waals surface area contributed by atoms with E-state index in [1.54, 1.807) is 6.07 Å². The molecule has 0 radical (unpaired) electrons. The van der Waals surface area contributed by atoms with E-state index in [-0.39, 0.29) is 11.8 Å². The summed E-state index contributed by atoms with van der Waals surface area (Å²) in [5.74, 6) is 0.614. The minimum absolute atomic E-state index is 0.119. The third kappa shape index (κ3) is 2.30. The Balaban J connectivity index is 2.12. The Hall–Kier alpha value is -1.06. The SMILES string of the molecule is NC(c1ccccc1O)C1CCCOC1. The molecule has 82 valence electrons. The lowest BCUT2D eigenvalue weighted by Crippen LogP contribution is -2.29. The molecule has 0 aromatic heterocycles. The lowest BCUT2D eigenvalue weighted by atomic mass is 9.89. The molecule has 0 bridgehead atoms. The van der Waals surface area contributed by atoms with E-state index < -0.39 is 0 Å². The molecular formula is C12H17NO2. The zero-order valence-corrected chi connectivity index (χ0v) is 8.73. The lowest BCUT2D eigenvalue weighted by Gasteiger charge is -2.28. The van der Waals surface area contributed by atoms with Crippen LogP contribution in [0.1, 0.15) is 24.4 Å². The number of phenols is 1. The fourth-order valence-corrected chi connectivity index (χ4v) is 2.07. The van der Waals surface area contributed by atoms with Gasteiger partial charge in [-0.25, -0.2) is 0 Å². The predicted molar refractivity (Wildman–Crippen MR) is 58.6 cm³/mol. The Kier molecular flexibility index (Phi) is 3.23. The van der Waals surface area contributed by atoms with Gasteiger partial charge in [-0.05, 0) is 18.9 Å². The summed E-state index contributed by atoms with van der Waals surface area (Å²) in [5.41, 5.74) is 6.96. The van der Waals surface area contributed by atoms with Gasteiger partial charge in [-0.15, -0.1) is 0 Å². The second-order valence-electron chi connectivity index (χ2n) is 4.06. The van der Waals surface area contributed by atoms with Crippen molar-refractivity contribution in [2.24, 2.45) is 11.7 Å². The standard InChI is InChI=1S/C12H17NO2/c13-12(9-4-3-7-15-8-9)10-5-1-2-6-11(10)14/h1-2,5-6,9,12,14H,3-4,7-8,13H2. The molecule has 3 nitrogen and oxygen atoms in total. The number of benzene rings is 1. The van der Waals surface area contributed by atoms with Crippen molar-refractivity contribution < 1.29 is 9.84 Å². The molecule has 0 spiro atoms. The Labute approximate surface area is 89.9 Å². The van der Waals surface area contributed by atoms with E-state index in [1.165, 1.54) is 0 Å². The minimum atomic E-state index is -0.119. The molecule has 1 aromatic rings. The molecule has 0 saturated carbocycles. The first-order valence-corrected chi connectivity index (χ1v) is 5.40. The van der Waals surface area contributed by atoms with Gasteiger partial charge in [-0.2, -0.15) is 0 Å². The summed E-state index contributed by atoms with van der Waals surface area (Å²) in [7, 11) is 0. The maximum atomic E-state index is 9.69. The molecule has 3 heteroatoms. The summed E-state index contributed by atoms with van der Waals surface area (Å²) in [6, 6.07) is 7.15. The van der Waals surface area contributed by atoms with Gasteiger partial charge in [0.25, 0.3) is 0 Å². The highest BCUT2D eigenvalue weighted by Crippen LogP contribution is 2.31. The van der Waals surface area contributed by atoms with E-state index in [4.69, 9.17) is 10.5 Å². The van der Waals surface area contributed by atoms with E-state index in [9.17, 15) is 5.11 Å². The van der Waals surface area contributed by atoms with Crippen molar-refractivity contribution in [1.29, 1.82) is 0 Å². The number of hydrogen-bond donors (Lipinski definition) is 2. The van der Waals surface area contributed by atoms with Crippen LogP contribution in [0.25, 0.3) is 0 Å². The summed E-state index contributed by atoms with van der Waals surface area (Å²) < 4.78 is 5.40. The molecule has 1 saturated heterocycles. The number of ether oxygens (including phenoxy) is 1. The molecule has 1 aliphatic heterocycles. The zero-order valence-electron chi connectivity index (χ0n) is 8.73. The largest absolute Gasteiger partial charge is 0.508 e. The zero-order chi connectivity index (χ0) is 10.7. The van der Waals surface area contributed by atoms with Crippen LogP contribution in [0.2, 0.25) is 0 Å². The number of hydrogen-bond acceptors (Lipinski definition) is 3. The third-order valence-electron chi connectivity index (χ3n) is 3.00. The molecular weight excluding hydrogens is 190 g/mol. The van der Waals surface area contributed by atoms with Crippen LogP contribution in [0.3, 0.4) is 0 Å². The Morgan fingerprint density at radius 2 is 2.20 bits per heavy atom. The van der Waals surface area contributed by atoms with E-state index >= 15 is 0 Å². The summed E-state index contributed by atoms with van der Waals surface area (Å²) in [5, 5.41) is 9.69. The van der Waals surface area contributed by atoms with Crippen LogP contribution in [-0.2, 0) is 4.74 Å². The fourth-order valence-electron chi connectivity index (χ4n) is 2.07. The first kappa shape index (κ1) is 10.5. The monoisotopic (exact) mass is 207 g/mol. The van der Waals surface area contributed by atoms with Gasteiger partial charge in [-0.1, -0.05) is 18.2 Å². The molecule has 2 unspecified atom stereocenters. The van der Waals surface area contributed by atoms with Crippen molar-refractivity contribution >= 4 is 0 Å². The lowest BCUT2D eigenvalue weighted by molar-refractivity contribution is 0.0445. The van der Waals surface area contributed by atoms with Crippen molar-refractivity contribution in [3.8, 4) is 5.75 Å². The molecule has 1 aliphatic rings. The smallest absolute Gasteiger partial charge is 0.120 e. The first-order valence-electron chi connectivity index (χ1n) is 5.40. The van der Waals surface area contributed by atoms with Crippen LogP contribution in [-0.4, -0.2) is 18.3 Å².